The molecule has 0 bridgehead atoms. The van der Waals surface area contributed by atoms with E-state index < -0.39 is 0 Å². The number of thiophene rings is 1. The molecule has 2 aromatic carbocycles. The van der Waals surface area contributed by atoms with Crippen LogP contribution in [0.3, 0.4) is 0 Å². The number of carbonyl (C=O) groups is 1. The van der Waals surface area contributed by atoms with Crippen LogP contribution in [0, 0.1) is 5.82 Å². The first-order chi connectivity index (χ1) is 15.2. The maximum atomic E-state index is 13.3. The van der Waals surface area contributed by atoms with Gasteiger partial charge in [-0.15, -0.1) is 11.3 Å². The van der Waals surface area contributed by atoms with Gasteiger partial charge in [0.1, 0.15) is 22.0 Å². The molecule has 0 fully saturated rings. The summed E-state index contributed by atoms with van der Waals surface area (Å²) in [5, 5.41) is 6.51. The van der Waals surface area contributed by atoms with E-state index in [4.69, 9.17) is 9.47 Å². The second kappa shape index (κ2) is 8.52. The van der Waals surface area contributed by atoms with Crippen LogP contribution in [0.5, 0.6) is 11.5 Å². The lowest BCUT2D eigenvalue weighted by molar-refractivity contribution is -0.118. The fourth-order valence-corrected chi connectivity index (χ4v) is 5.06. The predicted molar refractivity (Wildman–Crippen MR) is 118 cm³/mol. The number of nitrogens with one attached hydrogen (secondary N) is 1. The first-order valence-corrected chi connectivity index (χ1v) is 11.3. The highest BCUT2D eigenvalue weighted by Gasteiger charge is 2.16. The molecule has 9 heteroatoms. The van der Waals surface area contributed by atoms with E-state index in [0.29, 0.717) is 18.0 Å². The Bertz CT molecular complexity index is 1260. The number of nitrogens with zero attached hydrogens (tertiary/aromatic N) is 2. The van der Waals surface area contributed by atoms with Crippen molar-refractivity contribution in [2.24, 2.45) is 0 Å². The minimum absolute atomic E-state index is 0.104. The van der Waals surface area contributed by atoms with Gasteiger partial charge in [0.15, 0.2) is 11.5 Å². The molecule has 1 amide bonds. The van der Waals surface area contributed by atoms with Crippen LogP contribution in [0.25, 0.3) is 21.3 Å². The summed E-state index contributed by atoms with van der Waals surface area (Å²) < 4.78 is 24.0. The molecule has 0 aliphatic carbocycles. The van der Waals surface area contributed by atoms with Gasteiger partial charge in [0, 0.05) is 17.5 Å². The molecular weight excluding hydrogens is 437 g/mol. The molecule has 156 valence electrons. The number of carbonyl (C=O) groups excluding carboxylic acids is 1. The Balaban J connectivity index is 1.27. The van der Waals surface area contributed by atoms with Gasteiger partial charge in [0.05, 0.1) is 11.1 Å². The van der Waals surface area contributed by atoms with Gasteiger partial charge in [0.25, 0.3) is 0 Å². The van der Waals surface area contributed by atoms with Crippen LogP contribution in [0.1, 0.15) is 5.56 Å². The quantitative estimate of drug-likeness (QED) is 0.339. The van der Waals surface area contributed by atoms with E-state index in [1.807, 2.05) is 23.6 Å². The fraction of sp³-hybridized carbons (Fsp3) is 0.136. The lowest BCUT2D eigenvalue weighted by Gasteiger charge is -2.07. The summed E-state index contributed by atoms with van der Waals surface area (Å²) in [6.07, 6.45) is 1.50. The Morgan fingerprint density at radius 1 is 1.13 bits per heavy atom. The molecule has 31 heavy (non-hydrogen) atoms. The molecule has 1 N–H and O–H groups in total. The topological polar surface area (TPSA) is 73.3 Å². The smallest absolute Gasteiger partial charge is 0.231 e. The Labute approximate surface area is 185 Å². The molecule has 0 atom stereocenters. The van der Waals surface area contributed by atoms with Crippen molar-refractivity contribution in [2.75, 3.05) is 12.5 Å². The molecule has 0 radical (unpaired) electrons. The zero-order valence-corrected chi connectivity index (χ0v) is 17.8. The number of amides is 1. The van der Waals surface area contributed by atoms with Crippen molar-refractivity contribution < 1.29 is 18.7 Å². The van der Waals surface area contributed by atoms with Crippen molar-refractivity contribution in [3.63, 3.8) is 0 Å². The van der Waals surface area contributed by atoms with Gasteiger partial charge in [0.2, 0.25) is 12.7 Å². The summed E-state index contributed by atoms with van der Waals surface area (Å²) in [7, 11) is 0. The highest BCUT2D eigenvalue weighted by molar-refractivity contribution is 8.00. The monoisotopic (exact) mass is 453 g/mol. The van der Waals surface area contributed by atoms with Gasteiger partial charge in [-0.3, -0.25) is 4.79 Å². The van der Waals surface area contributed by atoms with E-state index in [1.54, 1.807) is 12.1 Å². The zero-order valence-electron chi connectivity index (χ0n) is 16.1. The Kier molecular flexibility index (Phi) is 5.44. The van der Waals surface area contributed by atoms with Gasteiger partial charge in [-0.25, -0.2) is 14.4 Å². The highest BCUT2D eigenvalue weighted by Crippen LogP contribution is 2.38. The van der Waals surface area contributed by atoms with E-state index in [9.17, 15) is 9.18 Å². The Morgan fingerprint density at radius 2 is 1.97 bits per heavy atom. The summed E-state index contributed by atoms with van der Waals surface area (Å²) in [5.41, 5.74) is 2.75. The van der Waals surface area contributed by atoms with Crippen molar-refractivity contribution in [1.29, 1.82) is 0 Å². The first-order valence-electron chi connectivity index (χ1n) is 9.43. The van der Waals surface area contributed by atoms with Crippen LogP contribution < -0.4 is 14.8 Å². The molecule has 3 heterocycles. The summed E-state index contributed by atoms with van der Waals surface area (Å²) >= 11 is 2.85. The standard InChI is InChI=1S/C22H16FN3O3S2/c23-15-4-2-14(3-5-15)16-9-30-21-20(16)22(26-11-25-21)31-10-19(27)24-8-13-1-6-17-18(7-13)29-12-28-17/h1-7,9,11H,8,10,12H2,(H,24,27). The van der Waals surface area contributed by atoms with Gasteiger partial charge in [-0.2, -0.15) is 0 Å². The van der Waals surface area contributed by atoms with E-state index >= 15 is 0 Å². The van der Waals surface area contributed by atoms with Crippen LogP contribution in [-0.4, -0.2) is 28.4 Å². The van der Waals surface area contributed by atoms with Crippen LogP contribution in [0.2, 0.25) is 0 Å². The number of rotatable bonds is 6. The number of benzene rings is 2. The molecule has 4 aromatic rings. The maximum absolute atomic E-state index is 13.3. The highest BCUT2D eigenvalue weighted by atomic mass is 32.2. The second-order valence-electron chi connectivity index (χ2n) is 6.77. The maximum Gasteiger partial charge on any atom is 0.231 e. The van der Waals surface area contributed by atoms with Crippen LogP contribution in [0.4, 0.5) is 4.39 Å². The molecular formula is C22H16FN3O3S2. The van der Waals surface area contributed by atoms with Crippen molar-refractivity contribution in [1.82, 2.24) is 15.3 Å². The lowest BCUT2D eigenvalue weighted by Crippen LogP contribution is -2.24. The molecule has 2 aromatic heterocycles. The predicted octanol–water partition coefficient (Wildman–Crippen LogP) is 4.63. The molecule has 0 saturated heterocycles. The number of aromatic nitrogens is 2. The van der Waals surface area contributed by atoms with Crippen molar-refractivity contribution in [3.05, 3.63) is 65.6 Å². The zero-order chi connectivity index (χ0) is 21.2. The number of hydrogen-bond acceptors (Lipinski definition) is 7. The average Bonchev–Trinajstić information content (AvgIpc) is 3.43. The van der Waals surface area contributed by atoms with Gasteiger partial charge >= 0.3 is 0 Å². The van der Waals surface area contributed by atoms with E-state index in [1.165, 1.54) is 41.6 Å². The minimum Gasteiger partial charge on any atom is -0.454 e. The second-order valence-corrected chi connectivity index (χ2v) is 8.59. The molecule has 0 spiro atoms. The number of ether oxygens (including phenoxy) is 2. The van der Waals surface area contributed by atoms with Crippen molar-refractivity contribution >= 4 is 39.2 Å². The third kappa shape index (κ3) is 4.19. The fourth-order valence-electron chi connectivity index (χ4n) is 3.24. The van der Waals surface area contributed by atoms with E-state index in [0.717, 1.165) is 31.9 Å². The van der Waals surface area contributed by atoms with Gasteiger partial charge in [-0.05, 0) is 35.4 Å². The SMILES string of the molecule is O=C(CSc1ncnc2scc(-c3ccc(F)cc3)c12)NCc1ccc2c(c1)OCO2. The van der Waals surface area contributed by atoms with E-state index in [2.05, 4.69) is 15.3 Å². The Morgan fingerprint density at radius 3 is 2.84 bits per heavy atom. The van der Waals surface area contributed by atoms with E-state index in [-0.39, 0.29) is 24.3 Å². The third-order valence-corrected chi connectivity index (χ3v) is 6.63. The van der Waals surface area contributed by atoms with Gasteiger partial charge < -0.3 is 14.8 Å². The number of fused-ring (bicyclic) bond motifs is 2. The summed E-state index contributed by atoms with van der Waals surface area (Å²) in [4.78, 5) is 22.0. The van der Waals surface area contributed by atoms with Crippen LogP contribution >= 0.6 is 23.1 Å². The van der Waals surface area contributed by atoms with Gasteiger partial charge in [-0.1, -0.05) is 30.0 Å². The molecule has 5 rings (SSSR count). The number of thioether (sulfide) groups is 1. The summed E-state index contributed by atoms with van der Waals surface area (Å²) in [5.74, 6) is 1.23. The van der Waals surface area contributed by atoms with Crippen LogP contribution in [-0.2, 0) is 11.3 Å². The molecule has 1 aliphatic heterocycles. The normalized spacial score (nSPS) is 12.3. The van der Waals surface area contributed by atoms with Crippen molar-refractivity contribution in [3.8, 4) is 22.6 Å². The summed E-state index contributed by atoms with van der Waals surface area (Å²) in [6, 6.07) is 11.9. The number of halogens is 1. The first kappa shape index (κ1) is 19.8. The third-order valence-electron chi connectivity index (χ3n) is 4.76. The average molecular weight is 454 g/mol. The summed E-state index contributed by atoms with van der Waals surface area (Å²) in [6.45, 7) is 0.617. The molecule has 0 unspecified atom stereocenters. The van der Waals surface area contributed by atoms with Crippen molar-refractivity contribution in [2.45, 2.75) is 11.6 Å². The Hall–Kier alpha value is -3.17. The lowest BCUT2D eigenvalue weighted by atomic mass is 10.1. The molecule has 6 nitrogen and oxygen atoms in total. The minimum atomic E-state index is -0.284. The van der Waals surface area contributed by atoms with Crippen LogP contribution in [0.15, 0.2) is 59.2 Å². The number of hydrogen-bond donors (Lipinski definition) is 1. The largest absolute Gasteiger partial charge is 0.454 e. The molecule has 0 saturated carbocycles. The molecule has 1 aliphatic rings.